The summed E-state index contributed by atoms with van der Waals surface area (Å²) >= 11 is 0. The van der Waals surface area contributed by atoms with Crippen molar-refractivity contribution in [2.75, 3.05) is 19.6 Å². The average Bonchev–Trinajstić information content (AvgIpc) is 2.62. The molecule has 0 aliphatic carbocycles. The molecule has 1 aromatic carbocycles. The van der Waals surface area contributed by atoms with Gasteiger partial charge in [0.05, 0.1) is 12.2 Å². The van der Waals surface area contributed by atoms with Gasteiger partial charge in [0.2, 0.25) is 0 Å². The van der Waals surface area contributed by atoms with Crippen LogP contribution in [0.25, 0.3) is 0 Å². The Morgan fingerprint density at radius 1 is 1.04 bits per heavy atom. The minimum atomic E-state index is -4.73. The lowest BCUT2D eigenvalue weighted by Crippen LogP contribution is -2.60. The summed E-state index contributed by atoms with van der Waals surface area (Å²) in [6.07, 6.45) is -3.00. The maximum atomic E-state index is 14.8. The van der Waals surface area contributed by atoms with Crippen LogP contribution in [0.3, 0.4) is 0 Å². The van der Waals surface area contributed by atoms with Gasteiger partial charge >= 0.3 is 6.36 Å². The number of halogens is 4. The van der Waals surface area contributed by atoms with Gasteiger partial charge in [-0.25, -0.2) is 4.39 Å². The molecule has 2 aliphatic rings. The van der Waals surface area contributed by atoms with Gasteiger partial charge in [0.15, 0.2) is 0 Å². The first-order valence-electron chi connectivity index (χ1n) is 9.55. The molecule has 0 bridgehead atoms. The summed E-state index contributed by atoms with van der Waals surface area (Å²) in [5.41, 5.74) is 0.628. The maximum absolute atomic E-state index is 14.8. The second-order valence-corrected chi connectivity index (χ2v) is 7.46. The van der Waals surface area contributed by atoms with Crippen molar-refractivity contribution in [2.24, 2.45) is 11.8 Å². The number of rotatable bonds is 5. The molecule has 3 rings (SSSR count). The monoisotopic (exact) mass is 389 g/mol. The van der Waals surface area contributed by atoms with Gasteiger partial charge in [-0.15, -0.1) is 13.2 Å². The second-order valence-electron chi connectivity index (χ2n) is 7.46. The van der Waals surface area contributed by atoms with E-state index >= 15 is 0 Å². The minimum Gasteiger partial charge on any atom is -0.406 e. The van der Waals surface area contributed by atoms with Crippen LogP contribution < -0.4 is 20.7 Å². The third-order valence-corrected chi connectivity index (χ3v) is 5.38. The third kappa shape index (κ3) is 5.56. The smallest absolute Gasteiger partial charge is 0.406 e. The van der Waals surface area contributed by atoms with Crippen molar-refractivity contribution >= 4 is 0 Å². The van der Waals surface area contributed by atoms with Crippen molar-refractivity contribution in [3.05, 3.63) is 29.8 Å². The number of nitrogens with one attached hydrogen (secondary N) is 3. The molecule has 0 aromatic heterocycles. The predicted molar refractivity (Wildman–Crippen MR) is 95.1 cm³/mol. The molecule has 3 N–H and O–H groups in total. The topological polar surface area (TPSA) is 45.3 Å². The number of alkyl halides is 4. The molecular weight excluding hydrogens is 362 g/mol. The van der Waals surface area contributed by atoms with E-state index < -0.39 is 18.6 Å². The fraction of sp³-hybridized carbons (Fsp3) is 0.684. The van der Waals surface area contributed by atoms with E-state index in [1.165, 1.54) is 30.7 Å². The molecule has 3 unspecified atom stereocenters. The molecule has 2 saturated heterocycles. The van der Waals surface area contributed by atoms with Crippen LogP contribution in [0.1, 0.15) is 37.8 Å². The van der Waals surface area contributed by atoms with Crippen LogP contribution in [0.4, 0.5) is 17.6 Å². The minimum absolute atomic E-state index is 0.0902. The van der Waals surface area contributed by atoms with Gasteiger partial charge in [-0.05, 0) is 36.5 Å². The molecule has 4 nitrogen and oxygen atoms in total. The summed E-state index contributed by atoms with van der Waals surface area (Å²) in [5.74, 6) is 0.452. The van der Waals surface area contributed by atoms with E-state index in [2.05, 4.69) is 27.6 Å². The van der Waals surface area contributed by atoms with Crippen molar-refractivity contribution in [3.8, 4) is 5.75 Å². The first-order chi connectivity index (χ1) is 12.9. The lowest BCUT2D eigenvalue weighted by atomic mass is 9.86. The summed E-state index contributed by atoms with van der Waals surface area (Å²) in [5, 5.41) is 10.2. The summed E-state index contributed by atoms with van der Waals surface area (Å²) in [6, 6.07) is 4.90. The van der Waals surface area contributed by atoms with Gasteiger partial charge < -0.3 is 20.7 Å². The zero-order valence-electron chi connectivity index (χ0n) is 15.4. The molecule has 0 spiro atoms. The summed E-state index contributed by atoms with van der Waals surface area (Å²) in [6.45, 7) is 4.72. The molecule has 0 amide bonds. The van der Waals surface area contributed by atoms with Crippen molar-refractivity contribution in [2.45, 2.75) is 50.9 Å². The van der Waals surface area contributed by atoms with Crippen molar-refractivity contribution in [1.29, 1.82) is 0 Å². The first kappa shape index (κ1) is 20.4. The Labute approximate surface area is 157 Å². The third-order valence-electron chi connectivity index (χ3n) is 5.38. The zero-order chi connectivity index (χ0) is 19.4. The molecule has 27 heavy (non-hydrogen) atoms. The van der Waals surface area contributed by atoms with Crippen LogP contribution in [0.2, 0.25) is 0 Å². The molecule has 8 heteroatoms. The van der Waals surface area contributed by atoms with E-state index in [0.29, 0.717) is 24.4 Å². The van der Waals surface area contributed by atoms with E-state index in [1.54, 1.807) is 0 Å². The van der Waals surface area contributed by atoms with Gasteiger partial charge in [0, 0.05) is 25.6 Å². The van der Waals surface area contributed by atoms with E-state index in [1.807, 2.05) is 0 Å². The molecule has 1 aromatic rings. The Bertz CT molecular complexity index is 588. The second kappa shape index (κ2) is 8.75. The van der Waals surface area contributed by atoms with E-state index in [9.17, 15) is 17.6 Å². The lowest BCUT2D eigenvalue weighted by Gasteiger charge is -2.41. The molecule has 2 fully saturated rings. The molecule has 3 atom stereocenters. The maximum Gasteiger partial charge on any atom is 0.573 e. The SMILES string of the molecule is CCCC1CNC(C2CNC(c3ccc(OC(F)(F)F)cc3)C(F)C2)NC1. The highest BCUT2D eigenvalue weighted by molar-refractivity contribution is 5.30. The summed E-state index contributed by atoms with van der Waals surface area (Å²) in [7, 11) is 0. The van der Waals surface area contributed by atoms with Crippen molar-refractivity contribution < 1.29 is 22.3 Å². The average molecular weight is 389 g/mol. The Morgan fingerprint density at radius 2 is 1.70 bits per heavy atom. The highest BCUT2D eigenvalue weighted by Gasteiger charge is 2.36. The Hall–Kier alpha value is -1.38. The van der Waals surface area contributed by atoms with Gasteiger partial charge in [0.25, 0.3) is 0 Å². The van der Waals surface area contributed by atoms with Crippen LogP contribution >= 0.6 is 0 Å². The first-order valence-corrected chi connectivity index (χ1v) is 9.55. The quantitative estimate of drug-likeness (QED) is 0.675. The largest absolute Gasteiger partial charge is 0.573 e. The van der Waals surface area contributed by atoms with Crippen molar-refractivity contribution in [1.82, 2.24) is 16.0 Å². The van der Waals surface area contributed by atoms with E-state index in [-0.39, 0.29) is 17.8 Å². The molecule has 2 heterocycles. The molecular formula is C19H27F4N3O. The van der Waals surface area contributed by atoms with Crippen LogP contribution in [0.15, 0.2) is 24.3 Å². The number of hydrogen-bond acceptors (Lipinski definition) is 4. The van der Waals surface area contributed by atoms with Gasteiger partial charge in [-0.2, -0.15) is 0 Å². The van der Waals surface area contributed by atoms with Crippen LogP contribution in [0, 0.1) is 11.8 Å². The number of ether oxygens (including phenoxy) is 1. The van der Waals surface area contributed by atoms with Crippen LogP contribution in [-0.4, -0.2) is 38.3 Å². The van der Waals surface area contributed by atoms with Gasteiger partial charge in [-0.3, -0.25) is 0 Å². The highest BCUT2D eigenvalue weighted by Crippen LogP contribution is 2.32. The Morgan fingerprint density at radius 3 is 2.26 bits per heavy atom. The molecule has 0 saturated carbocycles. The molecule has 2 aliphatic heterocycles. The summed E-state index contributed by atoms with van der Waals surface area (Å²) < 4.78 is 55.4. The summed E-state index contributed by atoms with van der Waals surface area (Å²) in [4.78, 5) is 0. The standard InChI is InChI=1S/C19H27F4N3O/c1-2-3-12-9-25-18(26-10-12)14-8-16(20)17(24-11-14)13-4-6-15(7-5-13)27-19(21,22)23/h4-7,12,14,16-18,24-26H,2-3,8-11H2,1H3. The van der Waals surface area contributed by atoms with Crippen LogP contribution in [0.5, 0.6) is 5.75 Å². The number of benzene rings is 1. The van der Waals surface area contributed by atoms with E-state index in [0.717, 1.165) is 19.5 Å². The van der Waals surface area contributed by atoms with E-state index in [4.69, 9.17) is 0 Å². The normalized spacial score (nSPS) is 32.3. The zero-order valence-corrected chi connectivity index (χ0v) is 15.4. The van der Waals surface area contributed by atoms with Crippen LogP contribution in [-0.2, 0) is 0 Å². The van der Waals surface area contributed by atoms with Crippen molar-refractivity contribution in [3.63, 3.8) is 0 Å². The van der Waals surface area contributed by atoms with Gasteiger partial charge in [0.1, 0.15) is 11.9 Å². The number of hydrogen-bond donors (Lipinski definition) is 3. The van der Waals surface area contributed by atoms with Gasteiger partial charge in [-0.1, -0.05) is 25.5 Å². The fourth-order valence-electron chi connectivity index (χ4n) is 4.05. The lowest BCUT2D eigenvalue weighted by molar-refractivity contribution is -0.274. The molecule has 152 valence electrons. The molecule has 0 radical (unpaired) electrons. The highest BCUT2D eigenvalue weighted by atomic mass is 19.4. The predicted octanol–water partition coefficient (Wildman–Crippen LogP) is 3.51. The fourth-order valence-corrected chi connectivity index (χ4v) is 4.05. The Balaban J connectivity index is 1.53. The number of piperidine rings is 1. The Kier molecular flexibility index (Phi) is 6.60.